The van der Waals surface area contributed by atoms with Crippen LogP contribution in [0.1, 0.15) is 20.8 Å². The number of hydrazine groups is 1. The predicted octanol–water partition coefficient (Wildman–Crippen LogP) is 1.11. The van der Waals surface area contributed by atoms with E-state index in [0.717, 1.165) is 5.57 Å². The fourth-order valence-electron chi connectivity index (χ4n) is 0.801. The number of nitrogens with two attached hydrogens (primary N) is 1. The zero-order chi connectivity index (χ0) is 11.1. The predicted molar refractivity (Wildman–Crippen MR) is 56.0 cm³/mol. The molecule has 0 aliphatic rings. The summed E-state index contributed by atoms with van der Waals surface area (Å²) in [6.07, 6.45) is 1.91. The number of ether oxygens (including phenoxy) is 1. The maximum atomic E-state index is 10.8. The molecule has 0 heterocycles. The Bertz CT molecular complexity index is 245. The van der Waals surface area contributed by atoms with Gasteiger partial charge in [-0.05, 0) is 24.5 Å². The van der Waals surface area contributed by atoms with Gasteiger partial charge in [0.05, 0.1) is 0 Å². The number of amides is 1. The molecule has 14 heavy (non-hydrogen) atoms. The first-order chi connectivity index (χ1) is 6.47. The summed E-state index contributed by atoms with van der Waals surface area (Å²) in [4.78, 5) is 10.8. The molecule has 3 N–H and O–H groups in total. The van der Waals surface area contributed by atoms with Crippen molar-refractivity contribution in [1.82, 2.24) is 5.43 Å². The summed E-state index contributed by atoms with van der Waals surface area (Å²) in [5.74, 6) is 5.55. The van der Waals surface area contributed by atoms with Gasteiger partial charge in [0.2, 0.25) is 0 Å². The third kappa shape index (κ3) is 5.37. The number of hydrogen-bond acceptors (Lipinski definition) is 3. The average molecular weight is 198 g/mol. The van der Waals surface area contributed by atoms with Crippen LogP contribution in [-0.2, 0) is 9.53 Å². The fourth-order valence-corrected chi connectivity index (χ4v) is 0.801. The van der Waals surface area contributed by atoms with E-state index < -0.39 is 0 Å². The van der Waals surface area contributed by atoms with Gasteiger partial charge in [-0.15, -0.1) is 0 Å². The van der Waals surface area contributed by atoms with Crippen LogP contribution in [0.5, 0.6) is 0 Å². The van der Waals surface area contributed by atoms with Crippen molar-refractivity contribution in [2.24, 2.45) is 11.8 Å². The minimum atomic E-state index is -0.360. The summed E-state index contributed by atoms with van der Waals surface area (Å²) in [6, 6.07) is 0. The van der Waals surface area contributed by atoms with Crippen LogP contribution in [0.3, 0.4) is 0 Å². The highest BCUT2D eigenvalue weighted by Gasteiger charge is 2.04. The molecular formula is C10H18N2O2. The zero-order valence-corrected chi connectivity index (χ0v) is 8.96. The molecule has 0 aromatic rings. The molecule has 0 rings (SSSR count). The van der Waals surface area contributed by atoms with Crippen molar-refractivity contribution >= 4 is 5.91 Å². The SMILES string of the molecule is C=C(C)/C(=C\C(C)C)OCC(=O)NN. The molecule has 0 aromatic carbocycles. The molecule has 0 saturated carbocycles. The number of hydrogen-bond donors (Lipinski definition) is 2. The first-order valence-corrected chi connectivity index (χ1v) is 4.47. The second kappa shape index (κ2) is 6.21. The van der Waals surface area contributed by atoms with Crippen LogP contribution in [0.25, 0.3) is 0 Å². The Hall–Kier alpha value is -1.29. The molecule has 0 aromatic heterocycles. The van der Waals surface area contributed by atoms with E-state index >= 15 is 0 Å². The normalized spacial score (nSPS) is 11.4. The highest BCUT2D eigenvalue weighted by atomic mass is 16.5. The third-order valence-electron chi connectivity index (χ3n) is 1.43. The van der Waals surface area contributed by atoms with Gasteiger partial charge in [0.1, 0.15) is 5.76 Å². The number of carbonyl (C=O) groups is 1. The lowest BCUT2D eigenvalue weighted by Crippen LogP contribution is -2.33. The van der Waals surface area contributed by atoms with Crippen LogP contribution in [0, 0.1) is 5.92 Å². The smallest absolute Gasteiger partial charge is 0.271 e. The lowest BCUT2D eigenvalue weighted by molar-refractivity contribution is -0.124. The molecule has 0 bridgehead atoms. The van der Waals surface area contributed by atoms with Gasteiger partial charge in [-0.2, -0.15) is 0 Å². The lowest BCUT2D eigenvalue weighted by atomic mass is 10.1. The van der Waals surface area contributed by atoms with Gasteiger partial charge >= 0.3 is 0 Å². The van der Waals surface area contributed by atoms with Gasteiger partial charge in [-0.3, -0.25) is 10.2 Å². The largest absolute Gasteiger partial charge is 0.484 e. The Morgan fingerprint density at radius 3 is 2.57 bits per heavy atom. The molecule has 0 unspecified atom stereocenters. The number of carbonyl (C=O) groups excluding carboxylic acids is 1. The van der Waals surface area contributed by atoms with E-state index in [1.807, 2.05) is 32.3 Å². The summed E-state index contributed by atoms with van der Waals surface area (Å²) < 4.78 is 5.24. The van der Waals surface area contributed by atoms with Crippen LogP contribution in [-0.4, -0.2) is 12.5 Å². The monoisotopic (exact) mass is 198 g/mol. The lowest BCUT2D eigenvalue weighted by Gasteiger charge is -2.10. The number of nitrogens with one attached hydrogen (secondary N) is 1. The van der Waals surface area contributed by atoms with Gasteiger partial charge < -0.3 is 4.74 Å². The Kier molecular flexibility index (Phi) is 5.64. The topological polar surface area (TPSA) is 64.3 Å². The molecule has 0 spiro atoms. The Morgan fingerprint density at radius 2 is 2.21 bits per heavy atom. The summed E-state index contributed by atoms with van der Waals surface area (Å²) in [5, 5.41) is 0. The van der Waals surface area contributed by atoms with E-state index in [2.05, 4.69) is 6.58 Å². The van der Waals surface area contributed by atoms with Gasteiger partial charge in [-0.1, -0.05) is 20.4 Å². The molecule has 0 aliphatic carbocycles. The van der Waals surface area contributed by atoms with E-state index in [4.69, 9.17) is 10.6 Å². The molecule has 0 atom stereocenters. The van der Waals surface area contributed by atoms with Gasteiger partial charge in [0.15, 0.2) is 6.61 Å². The molecule has 4 nitrogen and oxygen atoms in total. The number of rotatable bonds is 5. The van der Waals surface area contributed by atoms with Crippen molar-refractivity contribution in [3.63, 3.8) is 0 Å². The van der Waals surface area contributed by atoms with Crippen LogP contribution in [0.4, 0.5) is 0 Å². The van der Waals surface area contributed by atoms with Gasteiger partial charge in [-0.25, -0.2) is 5.84 Å². The van der Waals surface area contributed by atoms with E-state index in [1.54, 1.807) is 0 Å². The molecule has 4 heteroatoms. The van der Waals surface area contributed by atoms with Crippen molar-refractivity contribution < 1.29 is 9.53 Å². The van der Waals surface area contributed by atoms with Crippen molar-refractivity contribution in [3.05, 3.63) is 24.0 Å². The molecule has 1 amide bonds. The molecule has 0 radical (unpaired) electrons. The van der Waals surface area contributed by atoms with E-state index in [9.17, 15) is 4.79 Å². The minimum Gasteiger partial charge on any atom is -0.484 e. The summed E-state index contributed by atoms with van der Waals surface area (Å²) in [6.45, 7) is 9.55. The van der Waals surface area contributed by atoms with E-state index in [-0.39, 0.29) is 12.5 Å². The van der Waals surface area contributed by atoms with E-state index in [0.29, 0.717) is 11.7 Å². The van der Waals surface area contributed by atoms with Gasteiger partial charge in [0, 0.05) is 0 Å². The van der Waals surface area contributed by atoms with Crippen molar-refractivity contribution in [2.75, 3.05) is 6.61 Å². The standard InChI is InChI=1S/C10H18N2O2/c1-7(2)5-9(8(3)4)14-6-10(13)12-11/h5,7H,3,6,11H2,1-2,4H3,(H,12,13)/b9-5+. The molecule has 0 saturated heterocycles. The molecule has 80 valence electrons. The highest BCUT2D eigenvalue weighted by Crippen LogP contribution is 2.11. The highest BCUT2D eigenvalue weighted by molar-refractivity contribution is 5.76. The third-order valence-corrected chi connectivity index (χ3v) is 1.43. The van der Waals surface area contributed by atoms with E-state index in [1.165, 1.54) is 0 Å². The van der Waals surface area contributed by atoms with Crippen molar-refractivity contribution in [1.29, 1.82) is 0 Å². The zero-order valence-electron chi connectivity index (χ0n) is 8.96. The van der Waals surface area contributed by atoms with Gasteiger partial charge in [0.25, 0.3) is 5.91 Å². The molecular weight excluding hydrogens is 180 g/mol. The summed E-state index contributed by atoms with van der Waals surface area (Å²) >= 11 is 0. The Balaban J connectivity index is 4.26. The van der Waals surface area contributed by atoms with Crippen molar-refractivity contribution in [2.45, 2.75) is 20.8 Å². The molecule has 0 aliphatic heterocycles. The number of allylic oxidation sites excluding steroid dienone is 2. The second-order valence-electron chi connectivity index (χ2n) is 3.41. The van der Waals surface area contributed by atoms with Crippen LogP contribution < -0.4 is 11.3 Å². The first kappa shape index (κ1) is 12.7. The quantitative estimate of drug-likeness (QED) is 0.229. The van der Waals surface area contributed by atoms with Crippen LogP contribution in [0.2, 0.25) is 0 Å². The summed E-state index contributed by atoms with van der Waals surface area (Å²) in [7, 11) is 0. The Morgan fingerprint density at radius 1 is 1.64 bits per heavy atom. The van der Waals surface area contributed by atoms with Crippen LogP contribution >= 0.6 is 0 Å². The first-order valence-electron chi connectivity index (χ1n) is 4.47. The maximum absolute atomic E-state index is 10.8. The molecule has 0 fully saturated rings. The van der Waals surface area contributed by atoms with Crippen LogP contribution in [0.15, 0.2) is 24.0 Å². The second-order valence-corrected chi connectivity index (χ2v) is 3.41. The average Bonchev–Trinajstić information content (AvgIpc) is 2.10. The fraction of sp³-hybridized carbons (Fsp3) is 0.500. The maximum Gasteiger partial charge on any atom is 0.271 e. The Labute approximate surface area is 84.8 Å². The minimum absolute atomic E-state index is 0.0814. The summed E-state index contributed by atoms with van der Waals surface area (Å²) in [5.41, 5.74) is 2.79. The van der Waals surface area contributed by atoms with Crippen molar-refractivity contribution in [3.8, 4) is 0 Å².